The summed E-state index contributed by atoms with van der Waals surface area (Å²) in [6, 6.07) is 25.1. The lowest BCUT2D eigenvalue weighted by atomic mass is 9.88. The second-order valence-corrected chi connectivity index (χ2v) is 6.39. The Labute approximate surface area is 159 Å². The van der Waals surface area contributed by atoms with Crippen LogP contribution in [0, 0.1) is 0 Å². The van der Waals surface area contributed by atoms with E-state index in [1.807, 2.05) is 54.6 Å². The van der Waals surface area contributed by atoms with Gasteiger partial charge in [-0.3, -0.25) is 4.79 Å². The molecule has 0 heterocycles. The summed E-state index contributed by atoms with van der Waals surface area (Å²) in [5.74, 6) is -0.608. The molecule has 0 saturated carbocycles. The molecule has 0 radical (unpaired) electrons. The molecular weight excluding hydrogens is 336 g/mol. The highest BCUT2D eigenvalue weighted by Gasteiger charge is 2.13. The van der Waals surface area contributed by atoms with Crippen LogP contribution in [0.5, 0.6) is 5.75 Å². The summed E-state index contributed by atoms with van der Waals surface area (Å²) in [4.78, 5) is 10.9. The number of carboxylic acid groups (broad SMARTS) is 1. The number of benzene rings is 3. The van der Waals surface area contributed by atoms with Gasteiger partial charge in [0.25, 0.3) is 0 Å². The maximum atomic E-state index is 10.9. The second kappa shape index (κ2) is 8.37. The summed E-state index contributed by atoms with van der Waals surface area (Å²) in [7, 11) is 0. The maximum absolute atomic E-state index is 10.9. The van der Waals surface area contributed by atoms with E-state index in [0.29, 0.717) is 0 Å². The summed E-state index contributed by atoms with van der Waals surface area (Å²) in [5.41, 5.74) is 6.25. The van der Waals surface area contributed by atoms with Gasteiger partial charge in [-0.2, -0.15) is 0 Å². The average Bonchev–Trinajstić information content (AvgIpc) is 2.68. The maximum Gasteiger partial charge on any atom is 0.307 e. The molecule has 0 unspecified atom stereocenters. The standard InChI is InChI=1S/C24H22O3/c1-2-22(18-6-4-3-5-7-18)24(20-12-14-21(25)15-13-20)19-10-8-17(9-11-19)16-23(26)27/h3-15,25H,2,16H2,1H3,(H,26,27)/b24-22+. The fourth-order valence-electron chi connectivity index (χ4n) is 3.27. The number of carboxylic acids is 1. The molecule has 3 aromatic rings. The Morgan fingerprint density at radius 3 is 1.85 bits per heavy atom. The molecule has 0 aliphatic carbocycles. The summed E-state index contributed by atoms with van der Waals surface area (Å²) >= 11 is 0. The summed E-state index contributed by atoms with van der Waals surface area (Å²) in [5, 5.41) is 18.7. The number of aliphatic carboxylic acids is 1. The first-order valence-corrected chi connectivity index (χ1v) is 8.97. The van der Waals surface area contributed by atoms with Crippen LogP contribution in [0.3, 0.4) is 0 Å². The van der Waals surface area contributed by atoms with Gasteiger partial charge < -0.3 is 10.2 Å². The Bertz CT molecular complexity index is 937. The van der Waals surface area contributed by atoms with E-state index in [-0.39, 0.29) is 12.2 Å². The van der Waals surface area contributed by atoms with Crippen molar-refractivity contribution in [3.63, 3.8) is 0 Å². The third-order valence-electron chi connectivity index (χ3n) is 4.53. The molecule has 0 atom stereocenters. The number of rotatable bonds is 6. The van der Waals surface area contributed by atoms with Gasteiger partial charge in [0.1, 0.15) is 5.75 Å². The molecule has 0 fully saturated rings. The van der Waals surface area contributed by atoms with Gasteiger partial charge in [-0.05, 0) is 52.0 Å². The van der Waals surface area contributed by atoms with Crippen molar-refractivity contribution < 1.29 is 15.0 Å². The Balaban J connectivity index is 2.17. The van der Waals surface area contributed by atoms with E-state index < -0.39 is 5.97 Å². The zero-order chi connectivity index (χ0) is 19.2. The first kappa shape index (κ1) is 18.5. The van der Waals surface area contributed by atoms with Crippen LogP contribution in [-0.4, -0.2) is 16.2 Å². The largest absolute Gasteiger partial charge is 0.508 e. The summed E-state index contributed by atoms with van der Waals surface area (Å²) in [6.07, 6.45) is 0.856. The van der Waals surface area contributed by atoms with Gasteiger partial charge in [-0.25, -0.2) is 0 Å². The lowest BCUT2D eigenvalue weighted by Gasteiger charge is -2.16. The van der Waals surface area contributed by atoms with Crippen molar-refractivity contribution in [1.29, 1.82) is 0 Å². The van der Waals surface area contributed by atoms with Gasteiger partial charge in [-0.1, -0.05) is 73.7 Å². The van der Waals surface area contributed by atoms with Gasteiger partial charge in [-0.15, -0.1) is 0 Å². The highest BCUT2D eigenvalue weighted by Crippen LogP contribution is 2.35. The molecule has 27 heavy (non-hydrogen) atoms. The third-order valence-corrected chi connectivity index (χ3v) is 4.53. The lowest BCUT2D eigenvalue weighted by molar-refractivity contribution is -0.136. The summed E-state index contributed by atoms with van der Waals surface area (Å²) < 4.78 is 0. The van der Waals surface area contributed by atoms with Gasteiger partial charge in [0, 0.05) is 0 Å². The molecule has 0 bridgehead atoms. The average molecular weight is 358 g/mol. The minimum Gasteiger partial charge on any atom is -0.508 e. The molecule has 0 amide bonds. The Morgan fingerprint density at radius 1 is 0.778 bits per heavy atom. The molecule has 3 nitrogen and oxygen atoms in total. The molecule has 0 spiro atoms. The molecule has 0 aliphatic rings. The van der Waals surface area contributed by atoms with Crippen LogP contribution in [0.2, 0.25) is 0 Å². The normalized spacial score (nSPS) is 11.7. The highest BCUT2D eigenvalue weighted by molar-refractivity contribution is 5.98. The van der Waals surface area contributed by atoms with Crippen molar-refractivity contribution in [3.05, 3.63) is 101 Å². The SMILES string of the molecule is CC/C(=C(\c1ccc(O)cc1)c1ccc(CC(=O)O)cc1)c1ccccc1. The van der Waals surface area contributed by atoms with Crippen LogP contribution in [0.15, 0.2) is 78.9 Å². The first-order chi connectivity index (χ1) is 13.1. The van der Waals surface area contributed by atoms with E-state index in [4.69, 9.17) is 5.11 Å². The number of aromatic hydroxyl groups is 1. The monoisotopic (exact) mass is 358 g/mol. The quantitative estimate of drug-likeness (QED) is 0.581. The van der Waals surface area contributed by atoms with Crippen molar-refractivity contribution in [2.75, 3.05) is 0 Å². The number of phenols is 1. The number of hydrogen-bond acceptors (Lipinski definition) is 2. The fraction of sp³-hybridized carbons (Fsp3) is 0.125. The van der Waals surface area contributed by atoms with Crippen molar-refractivity contribution in [2.45, 2.75) is 19.8 Å². The predicted octanol–water partition coefficient (Wildman–Crippen LogP) is 5.39. The third kappa shape index (κ3) is 4.45. The van der Waals surface area contributed by atoms with E-state index in [1.165, 1.54) is 5.57 Å². The van der Waals surface area contributed by atoms with Crippen molar-refractivity contribution in [2.24, 2.45) is 0 Å². The van der Waals surface area contributed by atoms with Crippen LogP contribution in [-0.2, 0) is 11.2 Å². The van der Waals surface area contributed by atoms with Crippen LogP contribution in [0.1, 0.15) is 35.6 Å². The Kier molecular flexibility index (Phi) is 5.72. The van der Waals surface area contributed by atoms with Gasteiger partial charge in [0.2, 0.25) is 0 Å². The molecule has 0 aliphatic heterocycles. The topological polar surface area (TPSA) is 57.5 Å². The van der Waals surface area contributed by atoms with Crippen LogP contribution in [0.4, 0.5) is 0 Å². The minimum atomic E-state index is -0.837. The zero-order valence-corrected chi connectivity index (χ0v) is 15.2. The Morgan fingerprint density at radius 2 is 1.33 bits per heavy atom. The molecule has 0 aromatic heterocycles. The van der Waals surface area contributed by atoms with Crippen LogP contribution < -0.4 is 0 Å². The van der Waals surface area contributed by atoms with E-state index in [0.717, 1.165) is 34.2 Å². The van der Waals surface area contributed by atoms with Gasteiger partial charge in [0.15, 0.2) is 0 Å². The predicted molar refractivity (Wildman–Crippen MR) is 109 cm³/mol. The second-order valence-electron chi connectivity index (χ2n) is 6.39. The van der Waals surface area contributed by atoms with E-state index >= 15 is 0 Å². The number of hydrogen-bond donors (Lipinski definition) is 2. The van der Waals surface area contributed by atoms with Gasteiger partial charge >= 0.3 is 5.97 Å². The number of allylic oxidation sites excluding steroid dienone is 1. The first-order valence-electron chi connectivity index (χ1n) is 8.97. The fourth-order valence-corrected chi connectivity index (χ4v) is 3.27. The molecule has 2 N–H and O–H groups in total. The van der Waals surface area contributed by atoms with Gasteiger partial charge in [0.05, 0.1) is 6.42 Å². The van der Waals surface area contributed by atoms with Crippen molar-refractivity contribution in [3.8, 4) is 5.75 Å². The molecule has 3 aromatic carbocycles. The summed E-state index contributed by atoms with van der Waals surface area (Å²) in [6.45, 7) is 2.13. The number of phenolic OH excluding ortho intramolecular Hbond substituents is 1. The molecule has 3 heteroatoms. The smallest absolute Gasteiger partial charge is 0.307 e. The van der Waals surface area contributed by atoms with Crippen molar-refractivity contribution in [1.82, 2.24) is 0 Å². The minimum absolute atomic E-state index is 0.0118. The van der Waals surface area contributed by atoms with E-state index in [9.17, 15) is 9.90 Å². The van der Waals surface area contributed by atoms with E-state index in [1.54, 1.807) is 12.1 Å². The number of carbonyl (C=O) groups is 1. The van der Waals surface area contributed by atoms with Crippen LogP contribution >= 0.6 is 0 Å². The highest BCUT2D eigenvalue weighted by atomic mass is 16.4. The van der Waals surface area contributed by atoms with Crippen molar-refractivity contribution >= 4 is 17.1 Å². The Hall–Kier alpha value is -3.33. The zero-order valence-electron chi connectivity index (χ0n) is 15.2. The molecular formula is C24H22O3. The molecule has 3 rings (SSSR count). The molecule has 0 saturated heterocycles. The molecule has 136 valence electrons. The van der Waals surface area contributed by atoms with E-state index in [2.05, 4.69) is 19.1 Å². The van der Waals surface area contributed by atoms with Crippen LogP contribution in [0.25, 0.3) is 11.1 Å². The lowest BCUT2D eigenvalue weighted by Crippen LogP contribution is -2.00.